The van der Waals surface area contributed by atoms with Gasteiger partial charge in [-0.05, 0) is 48.6 Å². The van der Waals surface area contributed by atoms with Crippen LogP contribution in [0.1, 0.15) is 28.1 Å². The normalized spacial score (nSPS) is 15.7. The molecule has 104 valence electrons. The van der Waals surface area contributed by atoms with Crippen molar-refractivity contribution in [2.75, 3.05) is 13.7 Å². The van der Waals surface area contributed by atoms with Crippen LogP contribution in [0, 0.1) is 0 Å². The smallest absolute Gasteiger partial charge is 0.251 e. The number of amides is 1. The van der Waals surface area contributed by atoms with Gasteiger partial charge in [0.25, 0.3) is 5.91 Å². The lowest BCUT2D eigenvalue weighted by molar-refractivity contribution is 0.0950. The molecule has 1 fully saturated rings. The van der Waals surface area contributed by atoms with Crippen molar-refractivity contribution in [2.24, 2.45) is 0 Å². The molecule has 20 heavy (non-hydrogen) atoms. The van der Waals surface area contributed by atoms with Crippen molar-refractivity contribution in [3.05, 3.63) is 52.2 Å². The number of carbonyl (C=O) groups is 1. The summed E-state index contributed by atoms with van der Waals surface area (Å²) in [4.78, 5) is 13.5. The van der Waals surface area contributed by atoms with Gasteiger partial charge in [0.05, 0.1) is 7.11 Å². The van der Waals surface area contributed by atoms with Crippen molar-refractivity contribution in [3.8, 4) is 5.75 Å². The minimum absolute atomic E-state index is 0.0181. The molecular weight excluding hydrogens is 270 g/mol. The zero-order chi connectivity index (χ0) is 14.0. The molecule has 1 aromatic carbocycles. The summed E-state index contributed by atoms with van der Waals surface area (Å²) in [6, 6.07) is 11.4. The van der Waals surface area contributed by atoms with Crippen molar-refractivity contribution in [1.82, 2.24) is 5.32 Å². The Morgan fingerprint density at radius 2 is 2.05 bits per heavy atom. The number of thiophene rings is 1. The van der Waals surface area contributed by atoms with Crippen LogP contribution in [0.15, 0.2) is 41.8 Å². The highest BCUT2D eigenvalue weighted by Gasteiger charge is 2.45. The van der Waals surface area contributed by atoms with E-state index < -0.39 is 0 Å². The molecule has 1 aliphatic rings. The first-order chi connectivity index (χ1) is 9.73. The topological polar surface area (TPSA) is 38.3 Å². The second-order valence-electron chi connectivity index (χ2n) is 5.17. The number of nitrogens with one attached hydrogen (secondary N) is 1. The van der Waals surface area contributed by atoms with Crippen molar-refractivity contribution in [3.63, 3.8) is 0 Å². The molecule has 0 bridgehead atoms. The minimum atomic E-state index is -0.0181. The number of methoxy groups -OCH3 is 1. The summed E-state index contributed by atoms with van der Waals surface area (Å²) in [7, 11) is 1.62. The molecule has 0 saturated heterocycles. The van der Waals surface area contributed by atoms with Crippen molar-refractivity contribution in [2.45, 2.75) is 18.3 Å². The lowest BCUT2D eigenvalue weighted by atomic mass is 10.1. The zero-order valence-electron chi connectivity index (χ0n) is 11.4. The summed E-state index contributed by atoms with van der Waals surface area (Å²) in [6.07, 6.45) is 2.33. The Hall–Kier alpha value is -1.81. The van der Waals surface area contributed by atoms with E-state index in [0.717, 1.165) is 25.1 Å². The number of hydrogen-bond donors (Lipinski definition) is 1. The average molecular weight is 287 g/mol. The Kier molecular flexibility index (Phi) is 3.49. The molecule has 3 rings (SSSR count). The quantitative estimate of drug-likeness (QED) is 0.917. The second kappa shape index (κ2) is 5.29. The molecule has 1 saturated carbocycles. The highest BCUT2D eigenvalue weighted by Crippen LogP contribution is 2.49. The van der Waals surface area contributed by atoms with Gasteiger partial charge >= 0.3 is 0 Å². The van der Waals surface area contributed by atoms with Crippen LogP contribution in [-0.4, -0.2) is 19.6 Å². The van der Waals surface area contributed by atoms with E-state index in [9.17, 15) is 4.79 Å². The Labute approximate surface area is 122 Å². The van der Waals surface area contributed by atoms with Gasteiger partial charge in [-0.15, -0.1) is 11.3 Å². The third-order valence-electron chi connectivity index (χ3n) is 3.84. The standard InChI is InChI=1S/C16H17NO2S/c1-19-13-6-4-12(5-7-13)15(18)17-11-16(8-9-16)14-3-2-10-20-14/h2-7,10H,8-9,11H2,1H3,(H,17,18). The molecule has 3 nitrogen and oxygen atoms in total. The summed E-state index contributed by atoms with van der Waals surface area (Å²) in [6.45, 7) is 0.721. The fourth-order valence-electron chi connectivity index (χ4n) is 2.34. The van der Waals surface area contributed by atoms with E-state index in [4.69, 9.17) is 4.74 Å². The molecule has 2 aromatic rings. The van der Waals surface area contributed by atoms with E-state index in [0.29, 0.717) is 5.56 Å². The SMILES string of the molecule is COc1ccc(C(=O)NCC2(c3cccs3)CC2)cc1. The fraction of sp³-hybridized carbons (Fsp3) is 0.312. The fourth-order valence-corrected chi connectivity index (χ4v) is 3.32. The van der Waals surface area contributed by atoms with Gasteiger partial charge in [0.1, 0.15) is 5.75 Å². The summed E-state index contributed by atoms with van der Waals surface area (Å²) in [5.41, 5.74) is 0.865. The number of rotatable bonds is 5. The van der Waals surface area contributed by atoms with Crippen LogP contribution in [0.3, 0.4) is 0 Å². The first-order valence-electron chi connectivity index (χ1n) is 6.70. The van der Waals surface area contributed by atoms with Crippen molar-refractivity contribution >= 4 is 17.2 Å². The zero-order valence-corrected chi connectivity index (χ0v) is 12.2. The minimum Gasteiger partial charge on any atom is -0.497 e. The maximum atomic E-state index is 12.1. The third kappa shape index (κ3) is 2.56. The first kappa shape index (κ1) is 13.2. The predicted octanol–water partition coefficient (Wildman–Crippen LogP) is 3.22. The highest BCUT2D eigenvalue weighted by atomic mass is 32.1. The van der Waals surface area contributed by atoms with E-state index in [-0.39, 0.29) is 11.3 Å². The van der Waals surface area contributed by atoms with Gasteiger partial charge in [-0.1, -0.05) is 6.07 Å². The summed E-state index contributed by atoms with van der Waals surface area (Å²) >= 11 is 1.78. The molecular formula is C16H17NO2S. The monoisotopic (exact) mass is 287 g/mol. The highest BCUT2D eigenvalue weighted by molar-refractivity contribution is 7.10. The van der Waals surface area contributed by atoms with Crippen LogP contribution in [0.25, 0.3) is 0 Å². The molecule has 1 heterocycles. The van der Waals surface area contributed by atoms with Crippen LogP contribution < -0.4 is 10.1 Å². The second-order valence-corrected chi connectivity index (χ2v) is 6.12. The van der Waals surface area contributed by atoms with Crippen LogP contribution in [0.2, 0.25) is 0 Å². The van der Waals surface area contributed by atoms with E-state index in [1.165, 1.54) is 4.88 Å². The maximum absolute atomic E-state index is 12.1. The van der Waals surface area contributed by atoms with Gasteiger partial charge in [0, 0.05) is 22.4 Å². The molecule has 0 spiro atoms. The number of hydrogen-bond acceptors (Lipinski definition) is 3. The molecule has 4 heteroatoms. The molecule has 1 amide bonds. The van der Waals surface area contributed by atoms with Crippen LogP contribution in [0.4, 0.5) is 0 Å². The van der Waals surface area contributed by atoms with Gasteiger partial charge in [0.15, 0.2) is 0 Å². The van der Waals surface area contributed by atoms with Gasteiger partial charge in [-0.2, -0.15) is 0 Å². The third-order valence-corrected chi connectivity index (χ3v) is 4.95. The Morgan fingerprint density at radius 1 is 1.30 bits per heavy atom. The molecule has 1 aliphatic carbocycles. The summed E-state index contributed by atoms with van der Waals surface area (Å²) in [5, 5.41) is 5.15. The molecule has 0 atom stereocenters. The Balaban J connectivity index is 1.62. The molecule has 0 radical (unpaired) electrons. The van der Waals surface area contributed by atoms with Crippen LogP contribution >= 0.6 is 11.3 Å². The average Bonchev–Trinajstić information content (AvgIpc) is 3.08. The maximum Gasteiger partial charge on any atom is 0.251 e. The van der Waals surface area contributed by atoms with Gasteiger partial charge in [-0.3, -0.25) is 4.79 Å². The Bertz CT molecular complexity index is 585. The Morgan fingerprint density at radius 3 is 2.60 bits per heavy atom. The van der Waals surface area contributed by atoms with E-state index in [2.05, 4.69) is 22.8 Å². The largest absolute Gasteiger partial charge is 0.497 e. The van der Waals surface area contributed by atoms with Gasteiger partial charge < -0.3 is 10.1 Å². The number of ether oxygens (including phenoxy) is 1. The first-order valence-corrected chi connectivity index (χ1v) is 7.58. The van der Waals surface area contributed by atoms with Crippen molar-refractivity contribution < 1.29 is 9.53 Å². The van der Waals surface area contributed by atoms with E-state index in [1.807, 2.05) is 0 Å². The summed E-state index contributed by atoms with van der Waals surface area (Å²) < 4.78 is 5.09. The molecule has 0 aliphatic heterocycles. The molecule has 0 unspecified atom stereocenters. The van der Waals surface area contributed by atoms with E-state index in [1.54, 1.807) is 42.7 Å². The lowest BCUT2D eigenvalue weighted by Crippen LogP contribution is -2.31. The van der Waals surface area contributed by atoms with Gasteiger partial charge in [-0.25, -0.2) is 0 Å². The summed E-state index contributed by atoms with van der Waals surface area (Å²) in [5.74, 6) is 0.745. The number of benzene rings is 1. The van der Waals surface area contributed by atoms with Gasteiger partial charge in [0.2, 0.25) is 0 Å². The molecule has 1 N–H and O–H groups in total. The molecule has 1 aromatic heterocycles. The lowest BCUT2D eigenvalue weighted by Gasteiger charge is -2.14. The van der Waals surface area contributed by atoms with Crippen LogP contribution in [0.5, 0.6) is 5.75 Å². The van der Waals surface area contributed by atoms with E-state index >= 15 is 0 Å². The number of carbonyl (C=O) groups excluding carboxylic acids is 1. The van der Waals surface area contributed by atoms with Crippen molar-refractivity contribution in [1.29, 1.82) is 0 Å². The predicted molar refractivity (Wildman–Crippen MR) is 80.6 cm³/mol. The van der Waals surface area contributed by atoms with Crippen LogP contribution in [-0.2, 0) is 5.41 Å².